The number of carbonyl (C=O) groups excluding carboxylic acids is 1. The average Bonchev–Trinajstić information content (AvgIpc) is 2.56. The van der Waals surface area contributed by atoms with E-state index < -0.39 is 5.41 Å². The van der Waals surface area contributed by atoms with Crippen molar-refractivity contribution in [3.8, 4) is 0 Å². The van der Waals surface area contributed by atoms with Gasteiger partial charge >= 0.3 is 0 Å². The summed E-state index contributed by atoms with van der Waals surface area (Å²) in [7, 11) is 4.13. The molecule has 0 saturated carbocycles. The van der Waals surface area contributed by atoms with Gasteiger partial charge in [-0.2, -0.15) is 0 Å². The summed E-state index contributed by atoms with van der Waals surface area (Å²) in [5.74, 6) is 0.457. The van der Waals surface area contributed by atoms with Crippen LogP contribution in [0.3, 0.4) is 0 Å². The van der Waals surface area contributed by atoms with Gasteiger partial charge in [-0.25, -0.2) is 0 Å². The molecule has 0 aliphatic carbocycles. The van der Waals surface area contributed by atoms with Crippen LogP contribution in [0, 0.1) is 5.92 Å². The maximum atomic E-state index is 13.2. The van der Waals surface area contributed by atoms with Crippen LogP contribution in [0.1, 0.15) is 31.4 Å². The Balaban J connectivity index is 0.00000288. The first-order valence-electron chi connectivity index (χ1n) is 8.32. The summed E-state index contributed by atoms with van der Waals surface area (Å²) in [6.45, 7) is 5.01. The van der Waals surface area contributed by atoms with Crippen LogP contribution in [-0.2, 0) is 10.2 Å². The molecule has 2 aromatic carbocycles. The lowest BCUT2D eigenvalue weighted by atomic mass is 9.63. The van der Waals surface area contributed by atoms with Crippen molar-refractivity contribution in [1.29, 1.82) is 0 Å². The molecule has 25 heavy (non-hydrogen) atoms. The SMILES string of the molecule is CCC(=O)C(c1ccccc1)(c1ccccc1)C(C)CN(C)C.Cl.O. The summed E-state index contributed by atoms with van der Waals surface area (Å²) < 4.78 is 0. The number of ketones is 1. The van der Waals surface area contributed by atoms with E-state index in [1.165, 1.54) is 0 Å². The molecule has 0 aliphatic rings. The first-order valence-corrected chi connectivity index (χ1v) is 8.32. The van der Waals surface area contributed by atoms with E-state index in [4.69, 9.17) is 0 Å². The molecule has 138 valence electrons. The number of rotatable bonds is 7. The summed E-state index contributed by atoms with van der Waals surface area (Å²) in [6.07, 6.45) is 0.529. The molecule has 0 amide bonds. The largest absolute Gasteiger partial charge is 0.412 e. The maximum Gasteiger partial charge on any atom is 0.147 e. The summed E-state index contributed by atoms with van der Waals surface area (Å²) in [5.41, 5.74) is 1.58. The monoisotopic (exact) mass is 363 g/mol. The first kappa shape index (κ1) is 23.3. The Morgan fingerprint density at radius 2 is 1.36 bits per heavy atom. The van der Waals surface area contributed by atoms with Crippen LogP contribution in [-0.4, -0.2) is 36.8 Å². The van der Waals surface area contributed by atoms with Crippen LogP contribution in [0.4, 0.5) is 0 Å². The fourth-order valence-electron chi connectivity index (χ4n) is 3.70. The van der Waals surface area contributed by atoms with E-state index in [0.717, 1.165) is 17.7 Å². The zero-order chi connectivity index (χ0) is 16.9. The van der Waals surface area contributed by atoms with Crippen LogP contribution in [0.15, 0.2) is 60.7 Å². The Morgan fingerprint density at radius 3 is 1.68 bits per heavy atom. The van der Waals surface area contributed by atoms with E-state index in [1.807, 2.05) is 43.3 Å². The predicted molar refractivity (Wildman–Crippen MR) is 108 cm³/mol. The molecule has 2 rings (SSSR count). The van der Waals surface area contributed by atoms with Crippen molar-refractivity contribution >= 4 is 18.2 Å². The molecular formula is C21H30ClNO2. The summed E-state index contributed by atoms with van der Waals surface area (Å²) in [5, 5.41) is 0. The third-order valence-electron chi connectivity index (χ3n) is 4.60. The van der Waals surface area contributed by atoms with Crippen LogP contribution < -0.4 is 0 Å². The maximum absolute atomic E-state index is 13.2. The minimum Gasteiger partial charge on any atom is -0.412 e. The zero-order valence-electron chi connectivity index (χ0n) is 15.5. The average molecular weight is 364 g/mol. The molecule has 1 unspecified atom stereocenters. The number of carbonyl (C=O) groups is 1. The van der Waals surface area contributed by atoms with Crippen LogP contribution in [0.25, 0.3) is 0 Å². The quantitative estimate of drug-likeness (QED) is 0.752. The Bertz CT molecular complexity index is 589. The van der Waals surface area contributed by atoms with Gasteiger partial charge in [0.05, 0.1) is 5.41 Å². The normalized spacial score (nSPS) is 12.0. The van der Waals surface area contributed by atoms with Gasteiger partial charge in [-0.3, -0.25) is 4.79 Å². The molecule has 2 N–H and O–H groups in total. The van der Waals surface area contributed by atoms with Crippen molar-refractivity contribution in [2.24, 2.45) is 5.92 Å². The Kier molecular flexibility index (Phi) is 9.65. The Hall–Kier alpha value is -1.68. The fourth-order valence-corrected chi connectivity index (χ4v) is 3.70. The number of Topliss-reactive ketones (excluding diaryl/α,β-unsaturated/α-hetero) is 1. The lowest BCUT2D eigenvalue weighted by molar-refractivity contribution is -0.124. The van der Waals surface area contributed by atoms with Crippen molar-refractivity contribution in [2.45, 2.75) is 25.7 Å². The molecule has 0 heterocycles. The second-order valence-corrected chi connectivity index (χ2v) is 6.48. The number of hydrogen-bond donors (Lipinski definition) is 0. The van der Waals surface area contributed by atoms with Crippen molar-refractivity contribution in [3.05, 3.63) is 71.8 Å². The highest BCUT2D eigenvalue weighted by atomic mass is 35.5. The summed E-state index contributed by atoms with van der Waals surface area (Å²) in [4.78, 5) is 15.4. The van der Waals surface area contributed by atoms with Crippen LogP contribution in [0.5, 0.6) is 0 Å². The molecule has 0 aromatic heterocycles. The van der Waals surface area contributed by atoms with Crippen molar-refractivity contribution < 1.29 is 10.3 Å². The van der Waals surface area contributed by atoms with Gasteiger partial charge in [0.25, 0.3) is 0 Å². The molecule has 1 atom stereocenters. The highest BCUT2D eigenvalue weighted by Gasteiger charge is 2.45. The van der Waals surface area contributed by atoms with Crippen molar-refractivity contribution in [2.75, 3.05) is 20.6 Å². The number of nitrogens with zero attached hydrogens (tertiary/aromatic N) is 1. The van der Waals surface area contributed by atoms with E-state index in [2.05, 4.69) is 50.2 Å². The van der Waals surface area contributed by atoms with Gasteiger partial charge in [0, 0.05) is 13.0 Å². The van der Waals surface area contributed by atoms with E-state index in [-0.39, 0.29) is 29.6 Å². The van der Waals surface area contributed by atoms with Gasteiger partial charge < -0.3 is 10.4 Å². The zero-order valence-corrected chi connectivity index (χ0v) is 16.3. The number of benzene rings is 2. The van der Waals surface area contributed by atoms with Crippen LogP contribution >= 0.6 is 12.4 Å². The van der Waals surface area contributed by atoms with Gasteiger partial charge in [-0.05, 0) is 31.1 Å². The van der Waals surface area contributed by atoms with E-state index >= 15 is 0 Å². The molecule has 0 aliphatic heterocycles. The fraction of sp³-hybridized carbons (Fsp3) is 0.381. The second-order valence-electron chi connectivity index (χ2n) is 6.48. The molecule has 0 radical (unpaired) electrons. The van der Waals surface area contributed by atoms with Gasteiger partial charge in [0.2, 0.25) is 0 Å². The highest BCUT2D eigenvalue weighted by molar-refractivity contribution is 5.94. The summed E-state index contributed by atoms with van der Waals surface area (Å²) in [6, 6.07) is 20.5. The third-order valence-corrected chi connectivity index (χ3v) is 4.60. The second kappa shape index (κ2) is 10.3. The molecule has 3 nitrogen and oxygen atoms in total. The molecule has 0 saturated heterocycles. The molecule has 0 bridgehead atoms. The minimum atomic E-state index is -0.596. The third kappa shape index (κ3) is 4.69. The number of halogens is 1. The molecule has 4 heteroatoms. The number of hydrogen-bond acceptors (Lipinski definition) is 2. The first-order chi connectivity index (χ1) is 11.0. The Morgan fingerprint density at radius 1 is 0.960 bits per heavy atom. The van der Waals surface area contributed by atoms with Crippen LogP contribution in [0.2, 0.25) is 0 Å². The summed E-state index contributed by atoms with van der Waals surface area (Å²) >= 11 is 0. The van der Waals surface area contributed by atoms with Gasteiger partial charge in [0.15, 0.2) is 0 Å². The van der Waals surface area contributed by atoms with Gasteiger partial charge in [0.1, 0.15) is 5.78 Å². The lowest BCUT2D eigenvalue weighted by Crippen LogP contribution is -2.46. The highest BCUT2D eigenvalue weighted by Crippen LogP contribution is 2.41. The predicted octanol–water partition coefficient (Wildman–Crippen LogP) is 3.75. The van der Waals surface area contributed by atoms with E-state index in [1.54, 1.807) is 0 Å². The van der Waals surface area contributed by atoms with E-state index in [9.17, 15) is 4.79 Å². The molecular weight excluding hydrogens is 334 g/mol. The molecule has 2 aromatic rings. The minimum absolute atomic E-state index is 0. The molecule has 0 fully saturated rings. The lowest BCUT2D eigenvalue weighted by Gasteiger charge is -2.40. The van der Waals surface area contributed by atoms with Crippen molar-refractivity contribution in [1.82, 2.24) is 4.90 Å². The Labute approximate surface area is 157 Å². The standard InChI is InChI=1S/C21H27NO.ClH.H2O/c1-5-20(23)21(17(2)16-22(3)4,18-12-8-6-9-13-18)19-14-10-7-11-15-19;;/h6-15,17H,5,16H2,1-4H3;1H;1H2. The van der Waals surface area contributed by atoms with Gasteiger partial charge in [-0.1, -0.05) is 74.5 Å². The van der Waals surface area contributed by atoms with Crippen molar-refractivity contribution in [3.63, 3.8) is 0 Å². The van der Waals surface area contributed by atoms with Gasteiger partial charge in [-0.15, -0.1) is 12.4 Å². The molecule has 0 spiro atoms. The smallest absolute Gasteiger partial charge is 0.147 e. The topological polar surface area (TPSA) is 51.8 Å². The van der Waals surface area contributed by atoms with E-state index in [0.29, 0.717) is 6.42 Å².